The Labute approximate surface area is 98.7 Å². The van der Waals surface area contributed by atoms with Crippen molar-refractivity contribution in [2.45, 2.75) is 6.42 Å². The van der Waals surface area contributed by atoms with Crippen LogP contribution < -0.4 is 11.5 Å². The summed E-state index contributed by atoms with van der Waals surface area (Å²) in [6.07, 6.45) is 2.54. The fourth-order valence-corrected chi connectivity index (χ4v) is 1.92. The third-order valence-corrected chi connectivity index (χ3v) is 2.78. The summed E-state index contributed by atoms with van der Waals surface area (Å²) in [5.74, 6) is 0. The molecule has 1 aromatic carbocycles. The number of allylic oxidation sites excluding steroid dienone is 1. The number of hydrogen-bond acceptors (Lipinski definition) is 3. The zero-order chi connectivity index (χ0) is 11.7. The van der Waals surface area contributed by atoms with Crippen LogP contribution in [0.2, 0.25) is 5.15 Å². The summed E-state index contributed by atoms with van der Waals surface area (Å²) in [7, 11) is 0. The van der Waals surface area contributed by atoms with Crippen molar-refractivity contribution in [1.29, 1.82) is 0 Å². The first kappa shape index (κ1) is 10.8. The Balaban J connectivity index is 2.85. The summed E-state index contributed by atoms with van der Waals surface area (Å²) >= 11 is 5.89. The largest absolute Gasteiger partial charge is 0.396 e. The van der Waals surface area contributed by atoms with E-state index in [1.807, 2.05) is 24.3 Å². The van der Waals surface area contributed by atoms with Crippen LogP contribution in [-0.4, -0.2) is 4.98 Å². The Hall–Kier alpha value is -1.74. The van der Waals surface area contributed by atoms with E-state index >= 15 is 0 Å². The molecule has 0 saturated heterocycles. The Morgan fingerprint density at radius 1 is 1.31 bits per heavy atom. The first-order valence-corrected chi connectivity index (χ1v) is 5.26. The third-order valence-electron chi connectivity index (χ3n) is 2.49. The Kier molecular flexibility index (Phi) is 2.71. The van der Waals surface area contributed by atoms with Gasteiger partial charge in [-0.25, -0.2) is 4.98 Å². The van der Waals surface area contributed by atoms with Crippen molar-refractivity contribution >= 4 is 33.9 Å². The molecule has 2 rings (SSSR count). The van der Waals surface area contributed by atoms with Crippen LogP contribution in [0, 0.1) is 0 Å². The standard InChI is InChI=1S/C12H12ClN3/c1-2-4-7-5-3-6-8-9(7)10(14)11(15)12(13)16-8/h2-3,5-6H,1,4,15H2,(H2,14,16). The lowest BCUT2D eigenvalue weighted by molar-refractivity contribution is 1.29. The molecule has 0 atom stereocenters. The van der Waals surface area contributed by atoms with E-state index < -0.39 is 0 Å². The molecule has 0 unspecified atom stereocenters. The maximum Gasteiger partial charge on any atom is 0.154 e. The summed E-state index contributed by atoms with van der Waals surface area (Å²) in [6.45, 7) is 3.71. The molecule has 0 amide bonds. The van der Waals surface area contributed by atoms with E-state index in [9.17, 15) is 0 Å². The minimum atomic E-state index is 0.251. The van der Waals surface area contributed by atoms with Crippen LogP contribution in [0.4, 0.5) is 11.4 Å². The molecule has 82 valence electrons. The smallest absolute Gasteiger partial charge is 0.154 e. The van der Waals surface area contributed by atoms with Gasteiger partial charge >= 0.3 is 0 Å². The molecule has 0 bridgehead atoms. The molecule has 1 heterocycles. The third kappa shape index (κ3) is 1.59. The highest BCUT2D eigenvalue weighted by molar-refractivity contribution is 6.33. The molecule has 0 aliphatic rings. The highest BCUT2D eigenvalue weighted by Crippen LogP contribution is 2.33. The van der Waals surface area contributed by atoms with Gasteiger partial charge in [0.2, 0.25) is 0 Å². The van der Waals surface area contributed by atoms with Gasteiger partial charge < -0.3 is 11.5 Å². The van der Waals surface area contributed by atoms with Gasteiger partial charge in [-0.15, -0.1) is 6.58 Å². The van der Waals surface area contributed by atoms with Gasteiger partial charge in [-0.2, -0.15) is 0 Å². The summed E-state index contributed by atoms with van der Waals surface area (Å²) in [4.78, 5) is 4.21. The van der Waals surface area contributed by atoms with Gasteiger partial charge in [0.1, 0.15) is 0 Å². The number of benzene rings is 1. The van der Waals surface area contributed by atoms with Crippen molar-refractivity contribution in [2.75, 3.05) is 11.5 Å². The number of anilines is 2. The Bertz CT molecular complexity index is 564. The molecule has 0 radical (unpaired) electrons. The SMILES string of the molecule is C=CCc1cccc2nc(Cl)c(N)c(N)c12. The van der Waals surface area contributed by atoms with E-state index in [1.165, 1.54) is 0 Å². The number of nitrogen functional groups attached to an aromatic ring is 2. The summed E-state index contributed by atoms with van der Waals surface area (Å²) in [5, 5.41) is 1.12. The van der Waals surface area contributed by atoms with E-state index in [0.717, 1.165) is 22.9 Å². The minimum Gasteiger partial charge on any atom is -0.396 e. The van der Waals surface area contributed by atoms with E-state index in [2.05, 4.69) is 11.6 Å². The van der Waals surface area contributed by atoms with E-state index in [1.54, 1.807) is 0 Å². The van der Waals surface area contributed by atoms with Gasteiger partial charge in [0.05, 0.1) is 16.9 Å². The number of rotatable bonds is 2. The van der Waals surface area contributed by atoms with Crippen molar-refractivity contribution in [2.24, 2.45) is 0 Å². The van der Waals surface area contributed by atoms with Gasteiger partial charge in [-0.05, 0) is 18.1 Å². The number of nitrogens with zero attached hydrogens (tertiary/aromatic N) is 1. The van der Waals surface area contributed by atoms with Crippen molar-refractivity contribution < 1.29 is 0 Å². The number of hydrogen-bond donors (Lipinski definition) is 2. The average Bonchev–Trinajstić information content (AvgIpc) is 2.26. The number of aromatic nitrogens is 1. The van der Waals surface area contributed by atoms with Crippen LogP contribution in [-0.2, 0) is 6.42 Å². The van der Waals surface area contributed by atoms with Crippen molar-refractivity contribution in [3.63, 3.8) is 0 Å². The van der Waals surface area contributed by atoms with E-state index in [0.29, 0.717) is 11.4 Å². The molecule has 0 fully saturated rings. The highest BCUT2D eigenvalue weighted by atomic mass is 35.5. The molecular formula is C12H12ClN3. The minimum absolute atomic E-state index is 0.251. The van der Waals surface area contributed by atoms with Crippen LogP contribution in [0.3, 0.4) is 0 Å². The molecule has 1 aromatic heterocycles. The van der Waals surface area contributed by atoms with E-state index in [-0.39, 0.29) is 5.15 Å². The molecule has 0 saturated carbocycles. The van der Waals surface area contributed by atoms with Crippen molar-refractivity contribution in [3.8, 4) is 0 Å². The molecular weight excluding hydrogens is 222 g/mol. The van der Waals surface area contributed by atoms with Crippen LogP contribution in [0.15, 0.2) is 30.9 Å². The first-order chi connectivity index (χ1) is 7.65. The molecule has 4 heteroatoms. The van der Waals surface area contributed by atoms with Gasteiger partial charge in [0, 0.05) is 5.39 Å². The highest BCUT2D eigenvalue weighted by Gasteiger charge is 2.11. The zero-order valence-corrected chi connectivity index (χ0v) is 9.46. The summed E-state index contributed by atoms with van der Waals surface area (Å²) in [5.41, 5.74) is 14.4. The van der Waals surface area contributed by atoms with Crippen LogP contribution in [0.5, 0.6) is 0 Å². The molecule has 0 aliphatic heterocycles. The monoisotopic (exact) mass is 233 g/mol. The first-order valence-electron chi connectivity index (χ1n) is 4.88. The second kappa shape index (κ2) is 4.02. The van der Waals surface area contributed by atoms with Gasteiger partial charge in [-0.1, -0.05) is 29.8 Å². The summed E-state index contributed by atoms with van der Waals surface area (Å²) < 4.78 is 0. The van der Waals surface area contributed by atoms with Crippen LogP contribution in [0.1, 0.15) is 5.56 Å². The molecule has 4 N–H and O–H groups in total. The topological polar surface area (TPSA) is 64.9 Å². The van der Waals surface area contributed by atoms with Gasteiger partial charge in [0.25, 0.3) is 0 Å². The number of pyridine rings is 1. The molecule has 2 aromatic rings. The lowest BCUT2D eigenvalue weighted by Crippen LogP contribution is -2.00. The number of halogens is 1. The number of nitrogens with two attached hydrogens (primary N) is 2. The second-order valence-corrected chi connectivity index (χ2v) is 3.89. The van der Waals surface area contributed by atoms with E-state index in [4.69, 9.17) is 23.1 Å². The predicted molar refractivity (Wildman–Crippen MR) is 69.5 cm³/mol. The second-order valence-electron chi connectivity index (χ2n) is 3.53. The average molecular weight is 234 g/mol. The van der Waals surface area contributed by atoms with Crippen LogP contribution >= 0.6 is 11.6 Å². The molecule has 0 spiro atoms. The van der Waals surface area contributed by atoms with Crippen molar-refractivity contribution in [3.05, 3.63) is 41.6 Å². The Morgan fingerprint density at radius 2 is 2.06 bits per heavy atom. The quantitative estimate of drug-likeness (QED) is 0.619. The Morgan fingerprint density at radius 3 is 2.75 bits per heavy atom. The maximum atomic E-state index is 5.97. The maximum absolute atomic E-state index is 5.97. The predicted octanol–water partition coefficient (Wildman–Crippen LogP) is 2.78. The van der Waals surface area contributed by atoms with Crippen molar-refractivity contribution in [1.82, 2.24) is 4.98 Å². The lowest BCUT2D eigenvalue weighted by atomic mass is 10.0. The number of fused-ring (bicyclic) bond motifs is 1. The fraction of sp³-hybridized carbons (Fsp3) is 0.0833. The molecule has 16 heavy (non-hydrogen) atoms. The zero-order valence-electron chi connectivity index (χ0n) is 8.70. The normalized spacial score (nSPS) is 10.6. The molecule has 3 nitrogen and oxygen atoms in total. The molecule has 0 aliphatic carbocycles. The van der Waals surface area contributed by atoms with Crippen LogP contribution in [0.25, 0.3) is 10.9 Å². The van der Waals surface area contributed by atoms with Gasteiger partial charge in [-0.3, -0.25) is 0 Å². The fourth-order valence-electron chi connectivity index (χ4n) is 1.73. The van der Waals surface area contributed by atoms with Gasteiger partial charge in [0.15, 0.2) is 5.15 Å². The lowest BCUT2D eigenvalue weighted by Gasteiger charge is -2.10. The summed E-state index contributed by atoms with van der Waals surface area (Å²) in [6, 6.07) is 5.76.